The van der Waals surface area contributed by atoms with Crippen molar-refractivity contribution in [3.63, 3.8) is 0 Å². The minimum absolute atomic E-state index is 0.299. The molecule has 0 saturated heterocycles. The maximum atomic E-state index is 12.7. The van der Waals surface area contributed by atoms with Crippen LogP contribution in [0.2, 0.25) is 0 Å². The van der Waals surface area contributed by atoms with E-state index in [9.17, 15) is 4.79 Å². The van der Waals surface area contributed by atoms with Crippen molar-refractivity contribution < 1.29 is 4.79 Å². The molecule has 5 heteroatoms. The van der Waals surface area contributed by atoms with Gasteiger partial charge in [0.25, 0.3) is 0 Å². The van der Waals surface area contributed by atoms with Gasteiger partial charge in [-0.25, -0.2) is 4.79 Å². The predicted octanol–water partition coefficient (Wildman–Crippen LogP) is 5.67. The van der Waals surface area contributed by atoms with E-state index in [1.807, 2.05) is 66.7 Å². The summed E-state index contributed by atoms with van der Waals surface area (Å²) in [5, 5.41) is 5.88. The Balaban J connectivity index is 1.82. The summed E-state index contributed by atoms with van der Waals surface area (Å²) in [6.07, 6.45) is 2.01. The molecule has 0 unspecified atom stereocenters. The molecule has 0 aliphatic carbocycles. The van der Waals surface area contributed by atoms with E-state index in [0.29, 0.717) is 25.6 Å². The first-order chi connectivity index (χ1) is 15.2. The second-order valence-electron chi connectivity index (χ2n) is 7.33. The molecule has 31 heavy (non-hydrogen) atoms. The van der Waals surface area contributed by atoms with E-state index < -0.39 is 0 Å². The number of para-hydroxylation sites is 1. The number of unbranched alkanes of at least 4 members (excludes halogenated alkanes) is 1. The van der Waals surface area contributed by atoms with Crippen molar-refractivity contribution in [1.82, 2.24) is 10.2 Å². The SMILES string of the molecule is CCCCN=C(NC(=O)Nc1ccccc1)N(Cc1ccccc1)Cc1ccccc1. The summed E-state index contributed by atoms with van der Waals surface area (Å²) in [5.41, 5.74) is 3.06. The average Bonchev–Trinajstić information content (AvgIpc) is 2.80. The molecule has 0 aliphatic heterocycles. The summed E-state index contributed by atoms with van der Waals surface area (Å²) in [5.74, 6) is 0.578. The molecule has 3 rings (SSSR count). The molecule has 160 valence electrons. The Labute approximate surface area is 184 Å². The van der Waals surface area contributed by atoms with Crippen molar-refractivity contribution in [3.05, 3.63) is 102 Å². The van der Waals surface area contributed by atoms with E-state index in [2.05, 4.69) is 46.7 Å². The molecule has 3 aromatic rings. The lowest BCUT2D eigenvalue weighted by molar-refractivity contribution is 0.254. The van der Waals surface area contributed by atoms with Gasteiger partial charge in [-0.2, -0.15) is 0 Å². The minimum atomic E-state index is -0.299. The zero-order valence-corrected chi connectivity index (χ0v) is 18.0. The van der Waals surface area contributed by atoms with Gasteiger partial charge in [-0.05, 0) is 29.7 Å². The van der Waals surface area contributed by atoms with E-state index in [1.165, 1.54) is 0 Å². The average molecular weight is 415 g/mol. The number of rotatable bonds is 8. The largest absolute Gasteiger partial charge is 0.334 e. The van der Waals surface area contributed by atoms with Crippen LogP contribution in [0.3, 0.4) is 0 Å². The van der Waals surface area contributed by atoms with Gasteiger partial charge >= 0.3 is 6.03 Å². The van der Waals surface area contributed by atoms with E-state index in [0.717, 1.165) is 29.7 Å². The smallest absolute Gasteiger partial charge is 0.325 e. The van der Waals surface area contributed by atoms with E-state index in [1.54, 1.807) is 0 Å². The molecular weight excluding hydrogens is 384 g/mol. The molecule has 5 nitrogen and oxygen atoms in total. The highest BCUT2D eigenvalue weighted by Crippen LogP contribution is 2.11. The number of anilines is 1. The molecular formula is C26H30N4O. The van der Waals surface area contributed by atoms with Crippen LogP contribution in [-0.2, 0) is 13.1 Å². The van der Waals surface area contributed by atoms with Gasteiger partial charge in [0.1, 0.15) is 0 Å². The quantitative estimate of drug-likeness (QED) is 0.284. The topological polar surface area (TPSA) is 56.7 Å². The number of benzene rings is 3. The number of amides is 2. The fraction of sp³-hybridized carbons (Fsp3) is 0.231. The van der Waals surface area contributed by atoms with Crippen molar-refractivity contribution in [2.45, 2.75) is 32.9 Å². The second kappa shape index (κ2) is 12.2. The lowest BCUT2D eigenvalue weighted by Crippen LogP contribution is -2.45. The van der Waals surface area contributed by atoms with Crippen LogP contribution < -0.4 is 10.6 Å². The van der Waals surface area contributed by atoms with Crippen molar-refractivity contribution in [1.29, 1.82) is 0 Å². The molecule has 0 atom stereocenters. The van der Waals surface area contributed by atoms with Crippen LogP contribution >= 0.6 is 0 Å². The summed E-state index contributed by atoms with van der Waals surface area (Å²) >= 11 is 0. The summed E-state index contributed by atoms with van der Waals surface area (Å²) in [7, 11) is 0. The van der Waals surface area contributed by atoms with Crippen molar-refractivity contribution in [3.8, 4) is 0 Å². The minimum Gasteiger partial charge on any atom is -0.334 e. The van der Waals surface area contributed by atoms with Gasteiger partial charge in [0.15, 0.2) is 0 Å². The zero-order chi connectivity index (χ0) is 21.7. The number of nitrogens with zero attached hydrogens (tertiary/aromatic N) is 2. The Morgan fingerprint density at radius 3 is 1.84 bits per heavy atom. The first kappa shape index (κ1) is 22.1. The van der Waals surface area contributed by atoms with Gasteiger partial charge < -0.3 is 10.2 Å². The number of hydrogen-bond acceptors (Lipinski definition) is 2. The molecule has 0 aliphatic rings. The molecule has 0 radical (unpaired) electrons. The first-order valence-electron chi connectivity index (χ1n) is 10.7. The molecule has 0 spiro atoms. The van der Waals surface area contributed by atoms with Crippen LogP contribution in [0.1, 0.15) is 30.9 Å². The summed E-state index contributed by atoms with van der Waals surface area (Å²) in [6, 6.07) is 29.6. The number of carbonyl (C=O) groups excluding carboxylic acids is 1. The van der Waals surface area contributed by atoms with Gasteiger partial charge in [0.05, 0.1) is 0 Å². The van der Waals surface area contributed by atoms with Crippen molar-refractivity contribution in [2.24, 2.45) is 4.99 Å². The zero-order valence-electron chi connectivity index (χ0n) is 18.0. The predicted molar refractivity (Wildman–Crippen MR) is 128 cm³/mol. The normalized spacial score (nSPS) is 11.1. The van der Waals surface area contributed by atoms with E-state index >= 15 is 0 Å². The molecule has 2 N–H and O–H groups in total. The Hall–Kier alpha value is -3.60. The van der Waals surface area contributed by atoms with Crippen LogP contribution in [0.5, 0.6) is 0 Å². The second-order valence-corrected chi connectivity index (χ2v) is 7.33. The summed E-state index contributed by atoms with van der Waals surface area (Å²) in [4.78, 5) is 19.6. The van der Waals surface area contributed by atoms with Gasteiger partial charge in [-0.15, -0.1) is 0 Å². The Morgan fingerprint density at radius 1 is 0.806 bits per heavy atom. The van der Waals surface area contributed by atoms with Crippen LogP contribution in [0, 0.1) is 0 Å². The Morgan fingerprint density at radius 2 is 1.32 bits per heavy atom. The highest BCUT2D eigenvalue weighted by Gasteiger charge is 2.16. The van der Waals surface area contributed by atoms with Gasteiger partial charge in [-0.3, -0.25) is 10.3 Å². The third-order valence-corrected chi connectivity index (χ3v) is 4.76. The van der Waals surface area contributed by atoms with Crippen LogP contribution in [-0.4, -0.2) is 23.4 Å². The number of nitrogens with one attached hydrogen (secondary N) is 2. The lowest BCUT2D eigenvalue weighted by atomic mass is 10.2. The Kier molecular flexibility index (Phi) is 8.68. The highest BCUT2D eigenvalue weighted by molar-refractivity contribution is 6.02. The third kappa shape index (κ3) is 7.63. The number of carbonyl (C=O) groups is 1. The molecule has 0 heterocycles. The summed E-state index contributed by atoms with van der Waals surface area (Å²) < 4.78 is 0. The van der Waals surface area contributed by atoms with Gasteiger partial charge in [0.2, 0.25) is 5.96 Å². The van der Waals surface area contributed by atoms with Crippen LogP contribution in [0.15, 0.2) is 96.0 Å². The van der Waals surface area contributed by atoms with Crippen molar-refractivity contribution in [2.75, 3.05) is 11.9 Å². The molecule has 0 bridgehead atoms. The van der Waals surface area contributed by atoms with E-state index in [-0.39, 0.29) is 6.03 Å². The maximum absolute atomic E-state index is 12.7. The first-order valence-corrected chi connectivity index (χ1v) is 10.7. The molecule has 0 saturated carbocycles. The lowest BCUT2D eigenvalue weighted by Gasteiger charge is -2.27. The number of hydrogen-bond donors (Lipinski definition) is 2. The van der Waals surface area contributed by atoms with Crippen LogP contribution in [0.4, 0.5) is 10.5 Å². The van der Waals surface area contributed by atoms with Crippen molar-refractivity contribution >= 4 is 17.7 Å². The third-order valence-electron chi connectivity index (χ3n) is 4.76. The number of urea groups is 1. The van der Waals surface area contributed by atoms with Gasteiger partial charge in [-0.1, -0.05) is 92.2 Å². The molecule has 0 fully saturated rings. The summed E-state index contributed by atoms with van der Waals surface area (Å²) in [6.45, 7) is 4.09. The highest BCUT2D eigenvalue weighted by atomic mass is 16.2. The fourth-order valence-corrected chi connectivity index (χ4v) is 3.16. The van der Waals surface area contributed by atoms with E-state index in [4.69, 9.17) is 4.99 Å². The molecule has 3 aromatic carbocycles. The number of guanidine groups is 1. The Bertz CT molecular complexity index is 901. The number of aliphatic imine (C=N–C) groups is 1. The van der Waals surface area contributed by atoms with Crippen LogP contribution in [0.25, 0.3) is 0 Å². The molecule has 0 aromatic heterocycles. The monoisotopic (exact) mass is 414 g/mol. The fourth-order valence-electron chi connectivity index (χ4n) is 3.16. The maximum Gasteiger partial charge on any atom is 0.325 e. The van der Waals surface area contributed by atoms with Gasteiger partial charge in [0, 0.05) is 25.3 Å². The molecule has 2 amide bonds. The standard InChI is InChI=1S/C26H30N4O/c1-2-3-19-27-25(29-26(31)28-24-17-11-6-12-18-24)30(20-22-13-7-4-8-14-22)21-23-15-9-5-10-16-23/h4-18H,2-3,19-21H2,1H3,(H2,27,28,29,31).